The third kappa shape index (κ3) is 3.13. The summed E-state index contributed by atoms with van der Waals surface area (Å²) in [5.74, 6) is -0.337. The SMILES string of the molecule is CC[C@H](S)C(=O)NC=O. The van der Waals surface area contributed by atoms with Gasteiger partial charge in [0.1, 0.15) is 0 Å². The number of carbonyl (C=O) groups excluding carboxylic acids is 2. The summed E-state index contributed by atoms with van der Waals surface area (Å²) in [6, 6.07) is 0. The molecule has 0 radical (unpaired) electrons. The van der Waals surface area contributed by atoms with Gasteiger partial charge >= 0.3 is 0 Å². The lowest BCUT2D eigenvalue weighted by molar-refractivity contribution is -0.124. The molecule has 0 unspecified atom stereocenters. The maximum absolute atomic E-state index is 10.6. The number of hydrogen-bond donors (Lipinski definition) is 2. The smallest absolute Gasteiger partial charge is 0.239 e. The molecule has 0 aliphatic heterocycles. The Morgan fingerprint density at radius 1 is 1.89 bits per heavy atom. The summed E-state index contributed by atoms with van der Waals surface area (Å²) in [5.41, 5.74) is 0. The minimum absolute atomic E-state index is 0.337. The first kappa shape index (κ1) is 8.49. The molecule has 0 aromatic rings. The van der Waals surface area contributed by atoms with Gasteiger partial charge in [-0.05, 0) is 6.42 Å². The summed E-state index contributed by atoms with van der Waals surface area (Å²) >= 11 is 3.89. The van der Waals surface area contributed by atoms with Crippen molar-refractivity contribution < 1.29 is 9.59 Å². The van der Waals surface area contributed by atoms with E-state index in [1.54, 1.807) is 0 Å². The van der Waals surface area contributed by atoms with Crippen molar-refractivity contribution in [3.05, 3.63) is 0 Å². The van der Waals surface area contributed by atoms with E-state index in [1.807, 2.05) is 12.2 Å². The molecule has 1 atom stereocenters. The Labute approximate surface area is 59.2 Å². The van der Waals surface area contributed by atoms with Gasteiger partial charge in [-0.3, -0.25) is 14.9 Å². The molecule has 0 aromatic carbocycles. The van der Waals surface area contributed by atoms with E-state index in [-0.39, 0.29) is 11.2 Å². The highest BCUT2D eigenvalue weighted by Crippen LogP contribution is 1.98. The number of rotatable bonds is 3. The van der Waals surface area contributed by atoms with Gasteiger partial charge in [-0.1, -0.05) is 6.92 Å². The maximum atomic E-state index is 10.6. The number of carbonyl (C=O) groups is 2. The number of imide groups is 1. The van der Waals surface area contributed by atoms with Crippen molar-refractivity contribution in [1.82, 2.24) is 5.32 Å². The average Bonchev–Trinajstić information content (AvgIpc) is 1.87. The van der Waals surface area contributed by atoms with Crippen molar-refractivity contribution in [2.45, 2.75) is 18.6 Å². The third-order valence-corrected chi connectivity index (χ3v) is 1.49. The quantitative estimate of drug-likeness (QED) is 0.435. The highest BCUT2D eigenvalue weighted by atomic mass is 32.1. The number of hydrogen-bond acceptors (Lipinski definition) is 3. The minimum atomic E-state index is -0.366. The van der Waals surface area contributed by atoms with Gasteiger partial charge in [0.2, 0.25) is 12.3 Å². The van der Waals surface area contributed by atoms with Crippen LogP contribution in [0.1, 0.15) is 13.3 Å². The fourth-order valence-corrected chi connectivity index (χ4v) is 0.414. The molecule has 0 fully saturated rings. The molecule has 0 aromatic heterocycles. The Kier molecular flexibility index (Phi) is 4.13. The van der Waals surface area contributed by atoms with E-state index in [0.29, 0.717) is 12.8 Å². The summed E-state index contributed by atoms with van der Waals surface area (Å²) in [6.45, 7) is 1.82. The van der Waals surface area contributed by atoms with Crippen LogP contribution in [0.4, 0.5) is 0 Å². The molecule has 2 amide bonds. The Hall–Kier alpha value is -0.510. The highest BCUT2D eigenvalue weighted by Gasteiger charge is 2.08. The van der Waals surface area contributed by atoms with Crippen LogP contribution in [0.25, 0.3) is 0 Å². The Morgan fingerprint density at radius 3 is 2.78 bits per heavy atom. The van der Waals surface area contributed by atoms with Crippen LogP contribution in [0, 0.1) is 0 Å². The van der Waals surface area contributed by atoms with E-state index in [2.05, 4.69) is 12.6 Å². The molecule has 0 bridgehead atoms. The second-order valence-corrected chi connectivity index (χ2v) is 2.17. The molecule has 0 aliphatic carbocycles. The van der Waals surface area contributed by atoms with Gasteiger partial charge in [0.05, 0.1) is 5.25 Å². The summed E-state index contributed by atoms with van der Waals surface area (Å²) in [7, 11) is 0. The third-order valence-electron chi connectivity index (χ3n) is 0.891. The molecule has 0 aliphatic rings. The van der Waals surface area contributed by atoms with Crippen LogP contribution in [0.2, 0.25) is 0 Å². The maximum Gasteiger partial charge on any atom is 0.239 e. The zero-order chi connectivity index (χ0) is 7.28. The molecule has 0 spiro atoms. The predicted molar refractivity (Wildman–Crippen MR) is 37.3 cm³/mol. The molecule has 52 valence electrons. The van der Waals surface area contributed by atoms with Crippen LogP contribution in [0.5, 0.6) is 0 Å². The molecule has 9 heavy (non-hydrogen) atoms. The van der Waals surface area contributed by atoms with E-state index in [1.165, 1.54) is 0 Å². The summed E-state index contributed by atoms with van der Waals surface area (Å²) < 4.78 is 0. The molecule has 0 saturated carbocycles. The Bertz CT molecular complexity index is 116. The number of thiol groups is 1. The first-order chi connectivity index (χ1) is 4.22. The van der Waals surface area contributed by atoms with Crippen molar-refractivity contribution in [3.63, 3.8) is 0 Å². The molecule has 3 nitrogen and oxygen atoms in total. The van der Waals surface area contributed by atoms with Crippen molar-refractivity contribution in [2.24, 2.45) is 0 Å². The van der Waals surface area contributed by atoms with Crippen LogP contribution in [0.15, 0.2) is 0 Å². The monoisotopic (exact) mass is 147 g/mol. The molecule has 0 heterocycles. The second kappa shape index (κ2) is 4.38. The van der Waals surface area contributed by atoms with E-state index in [9.17, 15) is 9.59 Å². The van der Waals surface area contributed by atoms with Crippen LogP contribution in [0.3, 0.4) is 0 Å². The van der Waals surface area contributed by atoms with E-state index in [0.717, 1.165) is 0 Å². The lowest BCUT2D eigenvalue weighted by atomic mass is 10.3. The Balaban J connectivity index is 3.58. The van der Waals surface area contributed by atoms with E-state index < -0.39 is 0 Å². The van der Waals surface area contributed by atoms with Gasteiger partial charge in [0, 0.05) is 0 Å². The van der Waals surface area contributed by atoms with E-state index in [4.69, 9.17) is 0 Å². The van der Waals surface area contributed by atoms with Gasteiger partial charge in [0.15, 0.2) is 0 Å². The van der Waals surface area contributed by atoms with Crippen molar-refractivity contribution >= 4 is 24.9 Å². The lowest BCUT2D eigenvalue weighted by Crippen LogP contribution is -2.29. The number of amides is 2. The normalized spacial score (nSPS) is 12.2. The fraction of sp³-hybridized carbons (Fsp3) is 0.600. The van der Waals surface area contributed by atoms with Crippen LogP contribution >= 0.6 is 12.6 Å². The number of nitrogens with one attached hydrogen (secondary N) is 1. The molecule has 0 saturated heterocycles. The Morgan fingerprint density at radius 2 is 2.44 bits per heavy atom. The van der Waals surface area contributed by atoms with E-state index >= 15 is 0 Å². The minimum Gasteiger partial charge on any atom is -0.298 e. The standard InChI is InChI=1S/C5H9NO2S/c1-2-4(9)5(8)6-3-7/h3-4,9H,2H2,1H3,(H,6,7,8)/t4-/m0/s1. The van der Waals surface area contributed by atoms with Crippen molar-refractivity contribution in [2.75, 3.05) is 0 Å². The van der Waals surface area contributed by atoms with Crippen LogP contribution in [-0.4, -0.2) is 17.6 Å². The summed E-state index contributed by atoms with van der Waals surface area (Å²) in [6.07, 6.45) is 0.990. The topological polar surface area (TPSA) is 46.2 Å². The largest absolute Gasteiger partial charge is 0.298 e. The average molecular weight is 147 g/mol. The zero-order valence-electron chi connectivity index (χ0n) is 5.13. The molecular weight excluding hydrogens is 138 g/mol. The van der Waals surface area contributed by atoms with Crippen molar-refractivity contribution in [3.8, 4) is 0 Å². The van der Waals surface area contributed by atoms with Crippen LogP contribution < -0.4 is 5.32 Å². The molecule has 4 heteroatoms. The summed E-state index contributed by atoms with van der Waals surface area (Å²) in [5, 5.41) is 1.63. The van der Waals surface area contributed by atoms with Gasteiger partial charge in [-0.2, -0.15) is 12.6 Å². The molecular formula is C5H9NO2S. The van der Waals surface area contributed by atoms with Gasteiger partial charge < -0.3 is 0 Å². The molecule has 0 rings (SSSR count). The highest BCUT2D eigenvalue weighted by molar-refractivity contribution is 7.81. The van der Waals surface area contributed by atoms with Crippen LogP contribution in [-0.2, 0) is 9.59 Å². The zero-order valence-corrected chi connectivity index (χ0v) is 6.02. The second-order valence-electron chi connectivity index (χ2n) is 1.55. The first-order valence-electron chi connectivity index (χ1n) is 2.64. The van der Waals surface area contributed by atoms with Crippen molar-refractivity contribution in [1.29, 1.82) is 0 Å². The van der Waals surface area contributed by atoms with Gasteiger partial charge in [0.25, 0.3) is 0 Å². The van der Waals surface area contributed by atoms with Gasteiger partial charge in [-0.25, -0.2) is 0 Å². The predicted octanol–water partition coefficient (Wildman–Crippen LogP) is -0.0326. The van der Waals surface area contributed by atoms with Gasteiger partial charge in [-0.15, -0.1) is 0 Å². The first-order valence-corrected chi connectivity index (χ1v) is 3.16. The summed E-state index contributed by atoms with van der Waals surface area (Å²) in [4.78, 5) is 20.2. The molecule has 1 N–H and O–H groups in total. The fourth-order valence-electron chi connectivity index (χ4n) is 0.340. The lowest BCUT2D eigenvalue weighted by Gasteiger charge is -2.02.